The lowest BCUT2D eigenvalue weighted by molar-refractivity contribution is -0.00610. The molecule has 0 spiro atoms. The normalized spacial score (nSPS) is 15.2. The highest BCUT2D eigenvalue weighted by Crippen LogP contribution is 2.30. The van der Waals surface area contributed by atoms with E-state index in [0.717, 1.165) is 11.4 Å². The second kappa shape index (κ2) is 5.65. The van der Waals surface area contributed by atoms with Gasteiger partial charge in [-0.2, -0.15) is 5.10 Å². The summed E-state index contributed by atoms with van der Waals surface area (Å²) in [6.45, 7) is 6.74. The van der Waals surface area contributed by atoms with E-state index in [0.29, 0.717) is 25.4 Å². The Kier molecular flexibility index (Phi) is 4.71. The molecule has 0 amide bonds. The van der Waals surface area contributed by atoms with E-state index in [9.17, 15) is 5.11 Å². The summed E-state index contributed by atoms with van der Waals surface area (Å²) in [5, 5.41) is 15.1. The van der Waals surface area contributed by atoms with Gasteiger partial charge >= 0.3 is 0 Å². The lowest BCUT2D eigenvalue weighted by Crippen LogP contribution is -2.29. The van der Waals surface area contributed by atoms with E-state index in [1.54, 1.807) is 11.8 Å². The molecular weight excluding hydrogens is 216 g/mol. The zero-order valence-corrected chi connectivity index (χ0v) is 11.5. The first-order valence-electron chi connectivity index (χ1n) is 6.20. The Balaban J connectivity index is 0.00000289. The van der Waals surface area contributed by atoms with Crippen LogP contribution in [0.3, 0.4) is 0 Å². The van der Waals surface area contributed by atoms with Crippen molar-refractivity contribution < 1.29 is 11.3 Å². The summed E-state index contributed by atoms with van der Waals surface area (Å²) < 4.78 is 6.85. The molecule has 1 heterocycles. The Morgan fingerprint density at radius 3 is 2.65 bits per heavy atom. The number of methoxy groups -OCH3 is 1. The predicted octanol–water partition coefficient (Wildman–Crippen LogP) is 2.42. The van der Waals surface area contributed by atoms with Gasteiger partial charge in [0.15, 0.2) is 0 Å². The Labute approximate surface area is 105 Å². The number of ether oxygens (including phenoxy) is 1. The van der Waals surface area contributed by atoms with Gasteiger partial charge in [-0.1, -0.05) is 20.8 Å². The Hall–Kier alpha value is -0.870. The van der Waals surface area contributed by atoms with E-state index < -0.39 is 5.60 Å². The van der Waals surface area contributed by atoms with Crippen molar-refractivity contribution in [1.29, 1.82) is 0 Å². The van der Waals surface area contributed by atoms with Crippen molar-refractivity contribution in [2.24, 2.45) is 7.05 Å². The van der Waals surface area contributed by atoms with Gasteiger partial charge in [0.25, 0.3) is 0 Å². The number of rotatable bonds is 6. The molecule has 0 aromatic carbocycles. The van der Waals surface area contributed by atoms with Crippen LogP contribution in [0.1, 0.15) is 52.3 Å². The van der Waals surface area contributed by atoms with Gasteiger partial charge in [-0.05, 0) is 18.4 Å². The third-order valence-corrected chi connectivity index (χ3v) is 3.27. The highest BCUT2D eigenvalue weighted by Gasteiger charge is 2.30. The van der Waals surface area contributed by atoms with Gasteiger partial charge in [0.2, 0.25) is 0 Å². The Morgan fingerprint density at radius 1 is 1.59 bits per heavy atom. The minimum absolute atomic E-state index is 0. The maximum absolute atomic E-state index is 10.7. The molecule has 0 saturated heterocycles. The molecule has 0 saturated carbocycles. The topological polar surface area (TPSA) is 47.3 Å². The number of aliphatic hydroxyl groups is 1. The number of aryl methyl sites for hydroxylation is 1. The first kappa shape index (κ1) is 14.2. The first-order valence-corrected chi connectivity index (χ1v) is 6.20. The minimum Gasteiger partial charge on any atom is -0.385 e. The second-order valence-electron chi connectivity index (χ2n) is 4.86. The SMILES string of the molecule is CCC(O)(CCOC)c1cc(C(C)C)nn1C.[HH]. The van der Waals surface area contributed by atoms with Gasteiger partial charge in [0.05, 0.1) is 11.4 Å². The van der Waals surface area contributed by atoms with Crippen LogP contribution < -0.4 is 0 Å². The first-order chi connectivity index (χ1) is 7.94. The average Bonchev–Trinajstić information content (AvgIpc) is 2.69. The highest BCUT2D eigenvalue weighted by atomic mass is 16.5. The molecule has 1 aromatic heterocycles. The molecule has 1 aromatic rings. The van der Waals surface area contributed by atoms with Crippen LogP contribution in [0.15, 0.2) is 6.07 Å². The van der Waals surface area contributed by atoms with Crippen LogP contribution >= 0.6 is 0 Å². The molecule has 0 radical (unpaired) electrons. The fraction of sp³-hybridized carbons (Fsp3) is 0.769. The average molecular weight is 242 g/mol. The smallest absolute Gasteiger partial charge is 0.108 e. The summed E-state index contributed by atoms with van der Waals surface area (Å²) in [5.74, 6) is 0.374. The predicted molar refractivity (Wildman–Crippen MR) is 70.1 cm³/mol. The summed E-state index contributed by atoms with van der Waals surface area (Å²) in [4.78, 5) is 0. The third-order valence-electron chi connectivity index (χ3n) is 3.27. The molecule has 4 nitrogen and oxygen atoms in total. The molecule has 0 aliphatic heterocycles. The van der Waals surface area contributed by atoms with Crippen LogP contribution in [0.4, 0.5) is 0 Å². The van der Waals surface area contributed by atoms with Gasteiger partial charge in [-0.3, -0.25) is 4.68 Å². The molecule has 4 heteroatoms. The summed E-state index contributed by atoms with van der Waals surface area (Å²) >= 11 is 0. The summed E-state index contributed by atoms with van der Waals surface area (Å²) in [5.41, 5.74) is 1.05. The Bertz CT molecular complexity index is 366. The maximum Gasteiger partial charge on any atom is 0.108 e. The van der Waals surface area contributed by atoms with Crippen molar-refractivity contribution >= 4 is 0 Å². The number of hydrogen-bond acceptors (Lipinski definition) is 3. The van der Waals surface area contributed by atoms with E-state index in [4.69, 9.17) is 4.74 Å². The highest BCUT2D eigenvalue weighted by molar-refractivity contribution is 5.19. The minimum atomic E-state index is -0.842. The zero-order valence-electron chi connectivity index (χ0n) is 11.5. The molecule has 1 N–H and O–H groups in total. The number of aromatic nitrogens is 2. The molecule has 1 atom stereocenters. The maximum atomic E-state index is 10.7. The van der Waals surface area contributed by atoms with E-state index in [1.165, 1.54) is 0 Å². The summed E-state index contributed by atoms with van der Waals surface area (Å²) in [6, 6.07) is 2.00. The van der Waals surface area contributed by atoms with Gasteiger partial charge in [0, 0.05) is 28.6 Å². The zero-order chi connectivity index (χ0) is 13.1. The van der Waals surface area contributed by atoms with Crippen LogP contribution in [0.2, 0.25) is 0 Å². The van der Waals surface area contributed by atoms with Crippen LogP contribution in [-0.4, -0.2) is 28.6 Å². The van der Waals surface area contributed by atoms with E-state index in [1.807, 2.05) is 20.0 Å². The van der Waals surface area contributed by atoms with Crippen molar-refractivity contribution in [2.75, 3.05) is 13.7 Å². The van der Waals surface area contributed by atoms with Gasteiger partial charge in [-0.25, -0.2) is 0 Å². The third kappa shape index (κ3) is 3.07. The van der Waals surface area contributed by atoms with Crippen LogP contribution in [0.25, 0.3) is 0 Å². The van der Waals surface area contributed by atoms with Crippen molar-refractivity contribution in [2.45, 2.75) is 45.1 Å². The van der Waals surface area contributed by atoms with E-state index in [-0.39, 0.29) is 1.43 Å². The summed E-state index contributed by atoms with van der Waals surface area (Å²) in [6.07, 6.45) is 1.25. The largest absolute Gasteiger partial charge is 0.385 e. The summed E-state index contributed by atoms with van der Waals surface area (Å²) in [7, 11) is 3.54. The van der Waals surface area contributed by atoms with E-state index in [2.05, 4.69) is 18.9 Å². The Morgan fingerprint density at radius 2 is 2.24 bits per heavy atom. The molecule has 1 unspecified atom stereocenters. The fourth-order valence-electron chi connectivity index (χ4n) is 1.96. The molecule has 0 aliphatic rings. The van der Waals surface area contributed by atoms with Crippen molar-refractivity contribution in [1.82, 2.24) is 9.78 Å². The van der Waals surface area contributed by atoms with Crippen LogP contribution in [-0.2, 0) is 17.4 Å². The molecule has 1 rings (SSSR count). The lowest BCUT2D eigenvalue weighted by Gasteiger charge is -2.26. The number of hydrogen-bond donors (Lipinski definition) is 1. The van der Waals surface area contributed by atoms with Gasteiger partial charge in [0.1, 0.15) is 5.60 Å². The van der Waals surface area contributed by atoms with Gasteiger partial charge in [-0.15, -0.1) is 0 Å². The lowest BCUT2D eigenvalue weighted by atomic mass is 9.92. The standard InChI is InChI=1S/C13H24N2O2.H2/c1-6-13(16,7-8-17-5)12-9-11(10(2)3)14-15(12)4;/h9-10,16H,6-8H2,1-5H3;1H. The van der Waals surface area contributed by atoms with Crippen molar-refractivity contribution in [3.63, 3.8) is 0 Å². The molecule has 0 fully saturated rings. The van der Waals surface area contributed by atoms with Crippen molar-refractivity contribution in [3.05, 3.63) is 17.5 Å². The van der Waals surface area contributed by atoms with Crippen molar-refractivity contribution in [3.8, 4) is 0 Å². The number of nitrogens with zero attached hydrogens (tertiary/aromatic N) is 2. The van der Waals surface area contributed by atoms with Gasteiger partial charge < -0.3 is 9.84 Å². The molecule has 0 aliphatic carbocycles. The van der Waals surface area contributed by atoms with Crippen LogP contribution in [0.5, 0.6) is 0 Å². The van der Waals surface area contributed by atoms with E-state index >= 15 is 0 Å². The second-order valence-corrected chi connectivity index (χ2v) is 4.86. The molecular formula is C13H26N2O2. The fourth-order valence-corrected chi connectivity index (χ4v) is 1.96. The van der Waals surface area contributed by atoms with Crippen LogP contribution in [0, 0.1) is 0 Å². The quantitative estimate of drug-likeness (QED) is 0.833. The molecule has 100 valence electrons. The monoisotopic (exact) mass is 242 g/mol. The molecule has 0 bridgehead atoms. The molecule has 17 heavy (non-hydrogen) atoms.